The Balaban J connectivity index is 1.02. The van der Waals surface area contributed by atoms with Crippen LogP contribution in [0, 0.1) is 40.9 Å². The van der Waals surface area contributed by atoms with Crippen LogP contribution in [0.3, 0.4) is 0 Å². The highest BCUT2D eigenvalue weighted by Crippen LogP contribution is 2.60. The number of nitrogens with one attached hydrogen (secondary N) is 1. The van der Waals surface area contributed by atoms with Crippen LogP contribution in [0.2, 0.25) is 0 Å². The third kappa shape index (κ3) is 3.05. The van der Waals surface area contributed by atoms with E-state index >= 15 is 0 Å². The zero-order valence-electron chi connectivity index (χ0n) is 17.2. The largest absolute Gasteiger partial charge is 0.462 e. The maximum absolute atomic E-state index is 13.0. The van der Waals surface area contributed by atoms with Crippen molar-refractivity contribution < 1.29 is 14.6 Å². The molecular weight excluding hydrogens is 350 g/mol. The van der Waals surface area contributed by atoms with Crippen molar-refractivity contribution in [2.24, 2.45) is 40.9 Å². The summed E-state index contributed by atoms with van der Waals surface area (Å²) in [5.74, 6) is 4.98. The zero-order valence-corrected chi connectivity index (χ0v) is 17.2. The van der Waals surface area contributed by atoms with Gasteiger partial charge in [0.25, 0.3) is 0 Å². The highest BCUT2D eigenvalue weighted by molar-refractivity contribution is 5.77. The van der Waals surface area contributed by atoms with Gasteiger partial charge in [0.05, 0.1) is 5.41 Å². The van der Waals surface area contributed by atoms with Gasteiger partial charge in [0.15, 0.2) is 0 Å². The maximum Gasteiger partial charge on any atom is 0.312 e. The third-order valence-corrected chi connectivity index (χ3v) is 9.63. The molecule has 0 aromatic heterocycles. The van der Waals surface area contributed by atoms with Crippen LogP contribution in [-0.2, 0) is 9.53 Å². The van der Waals surface area contributed by atoms with Crippen LogP contribution in [0.25, 0.3) is 0 Å². The molecule has 8 aliphatic rings. The number of hydrogen-bond acceptors (Lipinski definition) is 4. The highest BCUT2D eigenvalue weighted by Gasteiger charge is 2.55. The lowest BCUT2D eigenvalue weighted by Crippen LogP contribution is -2.59. The van der Waals surface area contributed by atoms with Crippen molar-refractivity contribution in [3.8, 4) is 0 Å². The van der Waals surface area contributed by atoms with Crippen LogP contribution in [0.5, 0.6) is 0 Å². The first-order chi connectivity index (χ1) is 13.5. The summed E-state index contributed by atoms with van der Waals surface area (Å²) in [6.45, 7) is 0.736. The number of β-amino-alcohol motifs (C(OH)–C–C–N with tert-alkyl or cyclic N) is 1. The van der Waals surface area contributed by atoms with E-state index in [0.717, 1.165) is 54.8 Å². The van der Waals surface area contributed by atoms with Crippen LogP contribution < -0.4 is 5.32 Å². The first-order valence-electron chi connectivity index (χ1n) is 12.1. The van der Waals surface area contributed by atoms with E-state index in [1.165, 1.54) is 57.8 Å². The van der Waals surface area contributed by atoms with Gasteiger partial charge in [-0.1, -0.05) is 0 Å². The van der Waals surface area contributed by atoms with E-state index < -0.39 is 6.10 Å². The normalized spacial score (nSPS) is 51.5. The van der Waals surface area contributed by atoms with Crippen molar-refractivity contribution in [1.82, 2.24) is 5.32 Å². The van der Waals surface area contributed by atoms with Gasteiger partial charge in [-0.05, 0) is 113 Å². The molecule has 0 saturated heterocycles. The summed E-state index contributed by atoms with van der Waals surface area (Å²) >= 11 is 0. The molecule has 2 N–H and O–H groups in total. The molecule has 0 unspecified atom stereocenters. The summed E-state index contributed by atoms with van der Waals surface area (Å²) in [6, 6.07) is 0. The van der Waals surface area contributed by atoms with Crippen LogP contribution in [-0.4, -0.2) is 35.9 Å². The van der Waals surface area contributed by atoms with Gasteiger partial charge in [0.1, 0.15) is 12.7 Å². The van der Waals surface area contributed by atoms with E-state index in [1.807, 2.05) is 0 Å². The molecule has 8 fully saturated rings. The molecule has 0 aromatic rings. The number of ether oxygens (including phenoxy) is 1. The summed E-state index contributed by atoms with van der Waals surface area (Å²) < 4.78 is 5.73. The van der Waals surface area contributed by atoms with Crippen molar-refractivity contribution in [2.45, 2.75) is 88.7 Å². The fourth-order valence-electron chi connectivity index (χ4n) is 9.41. The number of esters is 1. The molecule has 4 heteroatoms. The minimum Gasteiger partial charge on any atom is -0.462 e. The topological polar surface area (TPSA) is 58.6 Å². The monoisotopic (exact) mass is 387 g/mol. The van der Waals surface area contributed by atoms with Gasteiger partial charge < -0.3 is 15.2 Å². The first kappa shape index (κ1) is 18.2. The number of aliphatic hydroxyl groups excluding tert-OH is 1. The number of rotatable bonds is 6. The molecule has 0 radical (unpaired) electrons. The third-order valence-electron chi connectivity index (χ3n) is 9.63. The Hall–Kier alpha value is -0.610. The molecule has 8 aliphatic carbocycles. The van der Waals surface area contributed by atoms with E-state index in [2.05, 4.69) is 5.32 Å². The van der Waals surface area contributed by atoms with Crippen molar-refractivity contribution >= 4 is 5.97 Å². The Morgan fingerprint density at radius 2 is 1.25 bits per heavy atom. The van der Waals surface area contributed by atoms with Crippen LogP contribution in [0.4, 0.5) is 0 Å². The van der Waals surface area contributed by atoms with Crippen molar-refractivity contribution in [3.05, 3.63) is 0 Å². The molecule has 28 heavy (non-hydrogen) atoms. The van der Waals surface area contributed by atoms with Gasteiger partial charge >= 0.3 is 5.97 Å². The molecule has 8 bridgehead atoms. The van der Waals surface area contributed by atoms with Crippen molar-refractivity contribution in [3.63, 3.8) is 0 Å². The van der Waals surface area contributed by atoms with Crippen LogP contribution >= 0.6 is 0 Å². The second-order valence-corrected chi connectivity index (χ2v) is 12.0. The lowest BCUT2D eigenvalue weighted by atomic mass is 9.49. The molecule has 8 rings (SSSR count). The summed E-state index contributed by atoms with van der Waals surface area (Å²) in [7, 11) is 0. The Bertz CT molecular complexity index is 573. The fourth-order valence-corrected chi connectivity index (χ4v) is 9.41. The molecular formula is C24H37NO3. The average molecular weight is 388 g/mol. The second kappa shape index (κ2) is 6.44. The number of carbonyl (C=O) groups excluding carboxylic acids is 1. The number of hydrogen-bond donors (Lipinski definition) is 2. The van der Waals surface area contributed by atoms with Crippen molar-refractivity contribution in [1.29, 1.82) is 0 Å². The maximum atomic E-state index is 13.0. The first-order valence-corrected chi connectivity index (χ1v) is 12.1. The lowest BCUT2D eigenvalue weighted by Gasteiger charge is -2.57. The summed E-state index contributed by atoms with van der Waals surface area (Å²) in [4.78, 5) is 13.0. The average Bonchev–Trinajstić information content (AvgIpc) is 2.62. The molecule has 156 valence electrons. The van der Waals surface area contributed by atoms with Gasteiger partial charge in [0, 0.05) is 12.1 Å². The van der Waals surface area contributed by atoms with E-state index in [0.29, 0.717) is 6.54 Å². The molecule has 1 atom stereocenters. The second-order valence-electron chi connectivity index (χ2n) is 12.0. The standard InChI is InChI=1S/C24H37NO3/c26-21(13-25-24-10-18-4-19(11-24)6-20(5-18)12-24)14-28-22(27)23-7-15-1-16(8-23)3-17(2-15)9-23/h15-21,25-26H,1-14H2/t15?,16?,17?,18?,19?,20?,21-,23?,24?/m0/s1. The van der Waals surface area contributed by atoms with E-state index in [-0.39, 0.29) is 23.5 Å². The number of aliphatic hydroxyl groups is 1. The van der Waals surface area contributed by atoms with E-state index in [4.69, 9.17) is 4.74 Å². The molecule has 0 amide bonds. The summed E-state index contributed by atoms with van der Waals surface area (Å²) in [5, 5.41) is 14.3. The predicted octanol–water partition coefficient (Wildman–Crippen LogP) is 3.67. The van der Waals surface area contributed by atoms with Gasteiger partial charge in [-0.15, -0.1) is 0 Å². The quantitative estimate of drug-likeness (QED) is 0.683. The Labute approximate surface area is 169 Å². The molecule has 0 aliphatic heterocycles. The highest BCUT2D eigenvalue weighted by atomic mass is 16.5. The minimum atomic E-state index is -0.578. The van der Waals surface area contributed by atoms with Gasteiger partial charge in [-0.25, -0.2) is 0 Å². The Morgan fingerprint density at radius 1 is 0.821 bits per heavy atom. The molecule has 0 heterocycles. The Kier molecular flexibility index (Phi) is 4.18. The zero-order chi connectivity index (χ0) is 18.9. The SMILES string of the molecule is O=C(OC[C@@H](O)CNC12CC3CC(CC(C3)C1)C2)C12CC3CC(CC(C3)C1)C2. The predicted molar refractivity (Wildman–Crippen MR) is 106 cm³/mol. The molecule has 0 aromatic carbocycles. The number of carbonyl (C=O) groups is 1. The molecule has 4 nitrogen and oxygen atoms in total. The smallest absolute Gasteiger partial charge is 0.312 e. The lowest BCUT2D eigenvalue weighted by molar-refractivity contribution is -0.174. The van der Waals surface area contributed by atoms with Crippen molar-refractivity contribution in [2.75, 3.05) is 13.2 Å². The molecule has 8 saturated carbocycles. The van der Waals surface area contributed by atoms with E-state index in [1.54, 1.807) is 0 Å². The van der Waals surface area contributed by atoms with Crippen LogP contribution in [0.1, 0.15) is 77.0 Å². The summed E-state index contributed by atoms with van der Waals surface area (Å²) in [5.41, 5.74) is 0.0570. The Morgan fingerprint density at radius 3 is 1.71 bits per heavy atom. The minimum absolute atomic E-state index is 0.000421. The fraction of sp³-hybridized carbons (Fsp3) is 0.958. The van der Waals surface area contributed by atoms with Crippen LogP contribution in [0.15, 0.2) is 0 Å². The van der Waals surface area contributed by atoms with Gasteiger partial charge in [-0.2, -0.15) is 0 Å². The van der Waals surface area contributed by atoms with E-state index in [9.17, 15) is 9.90 Å². The van der Waals surface area contributed by atoms with Gasteiger partial charge in [0.2, 0.25) is 0 Å². The van der Waals surface area contributed by atoms with Gasteiger partial charge in [-0.3, -0.25) is 4.79 Å². The molecule has 0 spiro atoms. The summed E-state index contributed by atoms with van der Waals surface area (Å²) in [6.07, 6.45) is 14.7.